The lowest BCUT2D eigenvalue weighted by molar-refractivity contribution is 0.598. The molecule has 2 rings (SSSR count). The van der Waals surface area contributed by atoms with E-state index in [9.17, 15) is 8.42 Å². The highest BCUT2D eigenvalue weighted by Gasteiger charge is 2.17. The number of imidazole rings is 1. The van der Waals surface area contributed by atoms with Gasteiger partial charge in [-0.2, -0.15) is 8.42 Å². The summed E-state index contributed by atoms with van der Waals surface area (Å²) < 4.78 is 27.0. The van der Waals surface area contributed by atoms with Gasteiger partial charge in [-0.15, -0.1) is 0 Å². The van der Waals surface area contributed by atoms with E-state index in [-0.39, 0.29) is 11.1 Å². The molecule has 21 heavy (non-hydrogen) atoms. The van der Waals surface area contributed by atoms with Crippen LogP contribution in [-0.2, 0) is 16.4 Å². The molecule has 114 valence electrons. The summed E-state index contributed by atoms with van der Waals surface area (Å²) in [6.07, 6.45) is 1.99. The average molecular weight is 308 g/mol. The minimum Gasteiger partial charge on any atom is -0.332 e. The van der Waals surface area contributed by atoms with Gasteiger partial charge in [0.1, 0.15) is 5.82 Å². The number of hydrogen-bond donors (Lipinski definition) is 3. The molecule has 0 saturated heterocycles. The van der Waals surface area contributed by atoms with Crippen molar-refractivity contribution in [3.63, 3.8) is 0 Å². The number of sulfonamides is 1. The van der Waals surface area contributed by atoms with E-state index in [4.69, 9.17) is 0 Å². The molecule has 0 aliphatic rings. The van der Waals surface area contributed by atoms with Crippen LogP contribution in [-0.4, -0.2) is 25.4 Å². The van der Waals surface area contributed by atoms with Crippen LogP contribution in [0.5, 0.6) is 0 Å². The zero-order chi connectivity index (χ0) is 15.5. The lowest BCUT2D eigenvalue weighted by atomic mass is 10.1. The molecule has 1 unspecified atom stereocenters. The Hall–Kier alpha value is -1.86. The van der Waals surface area contributed by atoms with Gasteiger partial charge in [0.05, 0.1) is 6.20 Å². The molecule has 0 radical (unpaired) electrons. The summed E-state index contributed by atoms with van der Waals surface area (Å²) in [5, 5.41) is 3.21. The normalized spacial score (nSPS) is 13.1. The van der Waals surface area contributed by atoms with Gasteiger partial charge in [-0.25, -0.2) is 4.98 Å². The molecule has 0 spiro atoms. The van der Waals surface area contributed by atoms with Crippen LogP contribution >= 0.6 is 0 Å². The number of rotatable bonds is 6. The molecule has 1 aromatic carbocycles. The fourth-order valence-corrected chi connectivity index (χ4v) is 2.88. The van der Waals surface area contributed by atoms with Gasteiger partial charge in [0.25, 0.3) is 10.0 Å². The second-order valence-electron chi connectivity index (χ2n) is 4.79. The van der Waals surface area contributed by atoms with Crippen LogP contribution in [0.3, 0.4) is 0 Å². The Morgan fingerprint density at radius 3 is 2.48 bits per heavy atom. The lowest BCUT2D eigenvalue weighted by Gasteiger charge is -2.12. The standard InChI is InChI=1S/C14H20N4O2S/c1-4-13-16-9-14(17-13)21(19,20)18-12-7-5-11(6-8-12)10(2)15-3/h5-10,15,18H,4H2,1-3H3,(H,16,17). The monoisotopic (exact) mass is 308 g/mol. The summed E-state index contributed by atoms with van der Waals surface area (Å²) in [7, 11) is -1.75. The fraction of sp³-hybridized carbons (Fsp3) is 0.357. The number of anilines is 1. The topological polar surface area (TPSA) is 86.9 Å². The first-order chi connectivity index (χ1) is 9.96. The van der Waals surface area contributed by atoms with E-state index in [1.807, 2.05) is 33.0 Å². The first-order valence-corrected chi connectivity index (χ1v) is 8.28. The third-order valence-corrected chi connectivity index (χ3v) is 4.62. The maximum Gasteiger partial charge on any atom is 0.278 e. The summed E-state index contributed by atoms with van der Waals surface area (Å²) in [5.74, 6) is 0.647. The highest BCUT2D eigenvalue weighted by molar-refractivity contribution is 7.92. The number of H-pyrrole nitrogens is 1. The molecular formula is C14H20N4O2S. The molecule has 0 aliphatic carbocycles. The minimum atomic E-state index is -3.62. The smallest absolute Gasteiger partial charge is 0.278 e. The molecule has 2 aromatic rings. The summed E-state index contributed by atoms with van der Waals surface area (Å²) in [5.41, 5.74) is 1.62. The molecule has 1 heterocycles. The third kappa shape index (κ3) is 3.62. The summed E-state index contributed by atoms with van der Waals surface area (Å²) >= 11 is 0. The zero-order valence-corrected chi connectivity index (χ0v) is 13.2. The van der Waals surface area contributed by atoms with Gasteiger partial charge in [0.15, 0.2) is 5.03 Å². The predicted molar refractivity (Wildman–Crippen MR) is 82.7 cm³/mol. The van der Waals surface area contributed by atoms with Crippen molar-refractivity contribution in [2.75, 3.05) is 11.8 Å². The predicted octanol–water partition coefficient (Wildman–Crippen LogP) is 2.05. The Bertz CT molecular complexity index is 692. The van der Waals surface area contributed by atoms with Gasteiger partial charge >= 0.3 is 0 Å². The Morgan fingerprint density at radius 1 is 1.29 bits per heavy atom. The van der Waals surface area contributed by atoms with E-state index in [0.29, 0.717) is 17.9 Å². The highest BCUT2D eigenvalue weighted by Crippen LogP contribution is 2.18. The maximum absolute atomic E-state index is 12.2. The fourth-order valence-electron chi connectivity index (χ4n) is 1.88. The second-order valence-corrected chi connectivity index (χ2v) is 6.44. The van der Waals surface area contributed by atoms with Gasteiger partial charge in [-0.1, -0.05) is 19.1 Å². The van der Waals surface area contributed by atoms with Gasteiger partial charge in [0.2, 0.25) is 0 Å². The van der Waals surface area contributed by atoms with E-state index in [0.717, 1.165) is 5.56 Å². The van der Waals surface area contributed by atoms with Crippen LogP contribution in [0.4, 0.5) is 5.69 Å². The number of aryl methyl sites for hydroxylation is 1. The lowest BCUT2D eigenvalue weighted by Crippen LogP contribution is -2.14. The second kappa shape index (κ2) is 6.28. The molecule has 1 atom stereocenters. The maximum atomic E-state index is 12.2. The van der Waals surface area contributed by atoms with E-state index in [1.54, 1.807) is 12.1 Å². The van der Waals surface area contributed by atoms with Crippen LogP contribution in [0.25, 0.3) is 0 Å². The van der Waals surface area contributed by atoms with E-state index in [2.05, 4.69) is 20.0 Å². The number of nitrogens with zero attached hydrogens (tertiary/aromatic N) is 1. The van der Waals surface area contributed by atoms with Crippen molar-refractivity contribution in [3.8, 4) is 0 Å². The van der Waals surface area contributed by atoms with Gasteiger partial charge in [0, 0.05) is 18.2 Å². The summed E-state index contributed by atoms with van der Waals surface area (Å²) in [4.78, 5) is 6.80. The zero-order valence-electron chi connectivity index (χ0n) is 12.3. The number of hydrogen-bond acceptors (Lipinski definition) is 4. The van der Waals surface area contributed by atoms with Crippen molar-refractivity contribution < 1.29 is 8.42 Å². The summed E-state index contributed by atoms with van der Waals surface area (Å²) in [6.45, 7) is 3.94. The molecule has 0 bridgehead atoms. The third-order valence-electron chi connectivity index (χ3n) is 3.33. The Labute approximate surface area is 125 Å². The van der Waals surface area contributed by atoms with Crippen LogP contribution in [0, 0.1) is 0 Å². The molecule has 0 saturated carbocycles. The quantitative estimate of drug-likeness (QED) is 0.762. The van der Waals surface area contributed by atoms with Crippen LogP contribution in [0.1, 0.15) is 31.3 Å². The van der Waals surface area contributed by atoms with Gasteiger partial charge in [-0.05, 0) is 31.7 Å². The van der Waals surface area contributed by atoms with Crippen LogP contribution in [0.2, 0.25) is 0 Å². The van der Waals surface area contributed by atoms with E-state index < -0.39 is 10.0 Å². The average Bonchev–Trinajstić information content (AvgIpc) is 2.96. The molecule has 0 fully saturated rings. The molecule has 1 aromatic heterocycles. The number of benzene rings is 1. The number of aromatic nitrogens is 2. The van der Waals surface area contributed by atoms with Crippen molar-refractivity contribution >= 4 is 15.7 Å². The SMILES string of the molecule is CCc1ncc(S(=O)(=O)Nc2ccc(C(C)NC)cc2)[nH]1. The van der Waals surface area contributed by atoms with Gasteiger partial charge in [-0.3, -0.25) is 4.72 Å². The Kier molecular flexibility index (Phi) is 4.64. The van der Waals surface area contributed by atoms with E-state index >= 15 is 0 Å². The largest absolute Gasteiger partial charge is 0.332 e. The van der Waals surface area contributed by atoms with Crippen molar-refractivity contribution in [3.05, 3.63) is 41.9 Å². The highest BCUT2D eigenvalue weighted by atomic mass is 32.2. The first-order valence-electron chi connectivity index (χ1n) is 6.80. The van der Waals surface area contributed by atoms with E-state index in [1.165, 1.54) is 6.20 Å². The molecule has 7 heteroatoms. The van der Waals surface area contributed by atoms with Crippen LogP contribution < -0.4 is 10.0 Å². The van der Waals surface area contributed by atoms with Crippen molar-refractivity contribution in [1.82, 2.24) is 15.3 Å². The molecule has 3 N–H and O–H groups in total. The Balaban J connectivity index is 2.16. The van der Waals surface area contributed by atoms with Crippen molar-refractivity contribution in [1.29, 1.82) is 0 Å². The number of aromatic amines is 1. The number of nitrogens with one attached hydrogen (secondary N) is 3. The molecule has 0 aliphatic heterocycles. The molecular weight excluding hydrogens is 288 g/mol. The van der Waals surface area contributed by atoms with Gasteiger partial charge < -0.3 is 10.3 Å². The first kappa shape index (κ1) is 15.5. The summed E-state index contributed by atoms with van der Waals surface area (Å²) in [6, 6.07) is 7.50. The van der Waals surface area contributed by atoms with Crippen molar-refractivity contribution in [2.45, 2.75) is 31.3 Å². The molecule has 0 amide bonds. The van der Waals surface area contributed by atoms with Crippen LogP contribution in [0.15, 0.2) is 35.5 Å². The Morgan fingerprint density at radius 2 is 1.95 bits per heavy atom. The van der Waals surface area contributed by atoms with Crippen molar-refractivity contribution in [2.24, 2.45) is 0 Å². The minimum absolute atomic E-state index is 0.0759. The molecule has 6 nitrogen and oxygen atoms in total.